The Balaban J connectivity index is 4.08. The molecule has 0 aliphatic rings. The molecule has 1 amide bonds. The van der Waals surface area contributed by atoms with Crippen LogP contribution in [0.15, 0.2) is 0 Å². The number of halogens is 1. The molecule has 0 unspecified atom stereocenters. The summed E-state index contributed by atoms with van der Waals surface area (Å²) in [4.78, 5) is 10.8. The van der Waals surface area contributed by atoms with Gasteiger partial charge in [0, 0.05) is 0 Å². The van der Waals surface area contributed by atoms with Gasteiger partial charge in [0.05, 0.1) is 13.2 Å². The highest BCUT2D eigenvalue weighted by Gasteiger charge is 2.23. The molecular formula is C7H15ClNO4P. The first-order chi connectivity index (χ1) is 6.58. The van der Waals surface area contributed by atoms with E-state index in [1.54, 1.807) is 13.8 Å². The third kappa shape index (κ3) is 5.60. The standard InChI is InChI=1S/C7H15ClNO4P/c1-3-12-14(11,13-4-2)6-9-7(10)5-8/h3-6H2,1-2H3,(H,9,10). The Kier molecular flexibility index (Phi) is 7.19. The van der Waals surface area contributed by atoms with Gasteiger partial charge in [-0.15, -0.1) is 11.6 Å². The van der Waals surface area contributed by atoms with Gasteiger partial charge in [0.25, 0.3) is 0 Å². The molecule has 0 radical (unpaired) electrons. The summed E-state index contributed by atoms with van der Waals surface area (Å²) >= 11 is 5.25. The zero-order valence-electron chi connectivity index (χ0n) is 8.29. The molecule has 0 heterocycles. The van der Waals surface area contributed by atoms with Gasteiger partial charge >= 0.3 is 7.60 Å². The first-order valence-corrected chi connectivity index (χ1v) is 6.55. The second-order valence-electron chi connectivity index (χ2n) is 2.34. The van der Waals surface area contributed by atoms with Crippen LogP contribution in [-0.2, 0) is 18.4 Å². The molecule has 0 bridgehead atoms. The molecule has 0 aliphatic carbocycles. The lowest BCUT2D eigenvalue weighted by molar-refractivity contribution is -0.118. The highest BCUT2D eigenvalue weighted by molar-refractivity contribution is 7.53. The van der Waals surface area contributed by atoms with Crippen LogP contribution in [0.5, 0.6) is 0 Å². The molecule has 5 nitrogen and oxygen atoms in total. The van der Waals surface area contributed by atoms with Crippen molar-refractivity contribution < 1.29 is 18.4 Å². The monoisotopic (exact) mass is 243 g/mol. The normalized spacial score (nSPS) is 11.4. The highest BCUT2D eigenvalue weighted by Crippen LogP contribution is 2.46. The lowest BCUT2D eigenvalue weighted by Crippen LogP contribution is -2.26. The molecule has 0 aliphatic heterocycles. The van der Waals surface area contributed by atoms with E-state index in [9.17, 15) is 9.36 Å². The predicted octanol–water partition coefficient (Wildman–Crippen LogP) is 1.56. The van der Waals surface area contributed by atoms with Crippen LogP contribution in [0.25, 0.3) is 0 Å². The van der Waals surface area contributed by atoms with Crippen molar-refractivity contribution >= 4 is 25.1 Å². The zero-order chi connectivity index (χ0) is 11.0. The molecule has 0 saturated heterocycles. The number of rotatable bonds is 7. The number of alkyl halides is 1. The van der Waals surface area contributed by atoms with Crippen LogP contribution >= 0.6 is 19.2 Å². The topological polar surface area (TPSA) is 64.6 Å². The Labute approximate surface area is 88.6 Å². The fourth-order valence-corrected chi connectivity index (χ4v) is 2.26. The molecule has 0 spiro atoms. The summed E-state index contributed by atoms with van der Waals surface area (Å²) in [6.45, 7) is 3.95. The third-order valence-corrected chi connectivity index (χ3v) is 3.33. The fraction of sp³-hybridized carbons (Fsp3) is 0.857. The quantitative estimate of drug-likeness (QED) is 0.544. The van der Waals surface area contributed by atoms with Crippen molar-refractivity contribution in [2.24, 2.45) is 0 Å². The average molecular weight is 244 g/mol. The summed E-state index contributed by atoms with van der Waals surface area (Å²) < 4.78 is 21.6. The molecule has 0 fully saturated rings. The van der Waals surface area contributed by atoms with Crippen LogP contribution in [0.3, 0.4) is 0 Å². The molecule has 0 aromatic rings. The summed E-state index contributed by atoms with van der Waals surface area (Å²) in [7, 11) is -3.18. The smallest absolute Gasteiger partial charge is 0.343 e. The maximum atomic E-state index is 11.7. The first kappa shape index (κ1) is 13.9. The van der Waals surface area contributed by atoms with E-state index in [0.29, 0.717) is 0 Å². The molecule has 0 aromatic carbocycles. The summed E-state index contributed by atoms with van der Waals surface area (Å²) in [5, 5.41) is 2.36. The van der Waals surface area contributed by atoms with Crippen molar-refractivity contribution in [3.8, 4) is 0 Å². The van der Waals surface area contributed by atoms with Crippen LogP contribution < -0.4 is 5.32 Å². The number of hydrogen-bond acceptors (Lipinski definition) is 4. The molecule has 0 atom stereocenters. The van der Waals surface area contributed by atoms with Gasteiger partial charge in [0.2, 0.25) is 5.91 Å². The molecule has 1 N–H and O–H groups in total. The fourth-order valence-electron chi connectivity index (χ4n) is 0.754. The van der Waals surface area contributed by atoms with Gasteiger partial charge in [-0.25, -0.2) is 0 Å². The van der Waals surface area contributed by atoms with E-state index in [0.717, 1.165) is 0 Å². The summed E-state index contributed by atoms with van der Waals surface area (Å²) in [6, 6.07) is 0. The van der Waals surface area contributed by atoms with E-state index in [-0.39, 0.29) is 25.4 Å². The SMILES string of the molecule is CCOP(=O)(CNC(=O)CCl)OCC. The first-order valence-electron chi connectivity index (χ1n) is 4.28. The van der Waals surface area contributed by atoms with Crippen LogP contribution in [0.2, 0.25) is 0 Å². The minimum atomic E-state index is -3.18. The van der Waals surface area contributed by atoms with E-state index in [2.05, 4.69) is 5.32 Å². The maximum Gasteiger partial charge on any atom is 0.349 e. The van der Waals surface area contributed by atoms with Crippen molar-refractivity contribution in [2.75, 3.05) is 25.4 Å². The minimum Gasteiger partial charge on any atom is -0.343 e. The van der Waals surface area contributed by atoms with Gasteiger partial charge in [-0.2, -0.15) is 0 Å². The summed E-state index contributed by atoms with van der Waals surface area (Å²) in [5.41, 5.74) is 0. The van der Waals surface area contributed by atoms with Gasteiger partial charge in [-0.05, 0) is 13.8 Å². The Morgan fingerprint density at radius 1 is 1.36 bits per heavy atom. The van der Waals surface area contributed by atoms with E-state index >= 15 is 0 Å². The third-order valence-electron chi connectivity index (χ3n) is 1.24. The second kappa shape index (κ2) is 7.23. The van der Waals surface area contributed by atoms with Crippen LogP contribution in [-0.4, -0.2) is 31.3 Å². The van der Waals surface area contributed by atoms with E-state index < -0.39 is 13.5 Å². The van der Waals surface area contributed by atoms with Crippen molar-refractivity contribution in [1.82, 2.24) is 5.32 Å². The summed E-state index contributed by atoms with van der Waals surface area (Å²) in [6.07, 6.45) is -0.139. The van der Waals surface area contributed by atoms with Crippen LogP contribution in [0.4, 0.5) is 0 Å². The Hall–Kier alpha value is -0.0900. The zero-order valence-corrected chi connectivity index (χ0v) is 9.94. The van der Waals surface area contributed by atoms with Gasteiger partial charge in [-0.1, -0.05) is 0 Å². The van der Waals surface area contributed by atoms with Gasteiger partial charge in [0.15, 0.2) is 0 Å². The van der Waals surface area contributed by atoms with Crippen LogP contribution in [0, 0.1) is 0 Å². The summed E-state index contributed by atoms with van der Waals surface area (Å²) in [5.74, 6) is -0.565. The van der Waals surface area contributed by atoms with Gasteiger partial charge in [-0.3, -0.25) is 9.36 Å². The Morgan fingerprint density at radius 2 is 1.86 bits per heavy atom. The largest absolute Gasteiger partial charge is 0.349 e. The molecule has 0 rings (SSSR count). The average Bonchev–Trinajstić information content (AvgIpc) is 2.15. The number of carbonyl (C=O) groups is 1. The van der Waals surface area contributed by atoms with Crippen molar-refractivity contribution in [3.63, 3.8) is 0 Å². The molecule has 14 heavy (non-hydrogen) atoms. The van der Waals surface area contributed by atoms with E-state index in [1.807, 2.05) is 0 Å². The van der Waals surface area contributed by atoms with Crippen molar-refractivity contribution in [1.29, 1.82) is 0 Å². The highest BCUT2D eigenvalue weighted by atomic mass is 35.5. The van der Waals surface area contributed by atoms with Crippen LogP contribution in [0.1, 0.15) is 13.8 Å². The van der Waals surface area contributed by atoms with E-state index in [4.69, 9.17) is 20.6 Å². The maximum absolute atomic E-state index is 11.7. The molecule has 0 aromatic heterocycles. The Bertz CT molecular complexity index is 214. The molecule has 84 valence electrons. The molecule has 0 saturated carbocycles. The number of nitrogens with one attached hydrogen (secondary N) is 1. The minimum absolute atomic E-state index is 0.139. The molecule has 7 heteroatoms. The van der Waals surface area contributed by atoms with Gasteiger partial charge < -0.3 is 14.4 Å². The number of hydrogen-bond donors (Lipinski definition) is 1. The lowest BCUT2D eigenvalue weighted by atomic mass is 10.7. The number of carbonyl (C=O) groups excluding carboxylic acids is 1. The molecular weight excluding hydrogens is 229 g/mol. The number of amides is 1. The lowest BCUT2D eigenvalue weighted by Gasteiger charge is -2.16. The predicted molar refractivity (Wildman–Crippen MR) is 54.6 cm³/mol. The van der Waals surface area contributed by atoms with Crippen molar-refractivity contribution in [3.05, 3.63) is 0 Å². The van der Waals surface area contributed by atoms with Gasteiger partial charge in [0.1, 0.15) is 12.2 Å². The van der Waals surface area contributed by atoms with E-state index in [1.165, 1.54) is 0 Å². The van der Waals surface area contributed by atoms with Crippen molar-refractivity contribution in [2.45, 2.75) is 13.8 Å². The Morgan fingerprint density at radius 3 is 2.21 bits per heavy atom. The second-order valence-corrected chi connectivity index (χ2v) is 4.66.